The minimum Gasteiger partial charge on any atom is -0.387 e. The summed E-state index contributed by atoms with van der Waals surface area (Å²) in [5.74, 6) is 0. The van der Waals surface area contributed by atoms with Gasteiger partial charge in [0.15, 0.2) is 0 Å². The summed E-state index contributed by atoms with van der Waals surface area (Å²) in [6.07, 6.45) is 5.84. The number of fused-ring (bicyclic) bond motifs is 1. The third kappa shape index (κ3) is 3.11. The Morgan fingerprint density at radius 3 is 2.83 bits per heavy atom. The lowest BCUT2D eigenvalue weighted by molar-refractivity contribution is 0.0625. The van der Waals surface area contributed by atoms with Gasteiger partial charge in [-0.2, -0.15) is 5.10 Å². The third-order valence-corrected chi connectivity index (χ3v) is 5.42. The highest BCUT2D eigenvalue weighted by atomic mass is 16.3. The Morgan fingerprint density at radius 1 is 1.17 bits per heavy atom. The number of aromatic nitrogens is 2. The van der Waals surface area contributed by atoms with Crippen molar-refractivity contribution in [3.05, 3.63) is 53.3 Å². The van der Waals surface area contributed by atoms with E-state index < -0.39 is 0 Å². The molecule has 1 saturated heterocycles. The van der Waals surface area contributed by atoms with E-state index in [0.29, 0.717) is 0 Å². The summed E-state index contributed by atoms with van der Waals surface area (Å²) >= 11 is 0. The summed E-state index contributed by atoms with van der Waals surface area (Å²) in [5.41, 5.74) is 3.71. The van der Waals surface area contributed by atoms with E-state index in [1.54, 1.807) is 0 Å². The largest absolute Gasteiger partial charge is 0.387 e. The number of aliphatic hydroxyl groups excluding tert-OH is 1. The standard InChI is InChI=1S/C19H26N4O/c1-21-13-15(12-20-21)14-22-7-4-8-23(10-9-22)18-11-16-5-2-3-6-17(16)19(18)24/h2-3,5-6,12-13,18-19,24H,4,7-11,14H2,1H3/t18-,19+/m1/s1. The first-order valence-electron chi connectivity index (χ1n) is 8.90. The number of hydrogen-bond donors (Lipinski definition) is 1. The lowest BCUT2D eigenvalue weighted by Gasteiger charge is -2.30. The number of aliphatic hydroxyl groups is 1. The Bertz CT molecular complexity index is 698. The Morgan fingerprint density at radius 2 is 2.04 bits per heavy atom. The van der Waals surface area contributed by atoms with Gasteiger partial charge in [-0.3, -0.25) is 14.5 Å². The molecule has 1 aromatic heterocycles. The van der Waals surface area contributed by atoms with Gasteiger partial charge in [-0.25, -0.2) is 0 Å². The van der Waals surface area contributed by atoms with Crippen molar-refractivity contribution in [1.29, 1.82) is 0 Å². The van der Waals surface area contributed by atoms with Crippen molar-refractivity contribution in [2.24, 2.45) is 7.05 Å². The van der Waals surface area contributed by atoms with Gasteiger partial charge in [0.25, 0.3) is 0 Å². The molecule has 4 rings (SSSR count). The summed E-state index contributed by atoms with van der Waals surface area (Å²) in [7, 11) is 1.97. The van der Waals surface area contributed by atoms with Crippen LogP contribution in [0.5, 0.6) is 0 Å². The van der Waals surface area contributed by atoms with Crippen LogP contribution in [0.15, 0.2) is 36.7 Å². The molecule has 0 radical (unpaired) electrons. The van der Waals surface area contributed by atoms with Crippen LogP contribution in [0.3, 0.4) is 0 Å². The molecule has 1 aromatic carbocycles. The summed E-state index contributed by atoms with van der Waals surface area (Å²) in [5, 5.41) is 15.0. The molecule has 0 unspecified atom stereocenters. The molecule has 2 atom stereocenters. The molecule has 0 amide bonds. The zero-order chi connectivity index (χ0) is 16.5. The van der Waals surface area contributed by atoms with Crippen molar-refractivity contribution in [2.75, 3.05) is 26.2 Å². The van der Waals surface area contributed by atoms with Gasteiger partial charge in [-0.05, 0) is 37.1 Å². The molecule has 2 aromatic rings. The topological polar surface area (TPSA) is 44.5 Å². The lowest BCUT2D eigenvalue weighted by atomic mass is 10.1. The summed E-state index contributed by atoms with van der Waals surface area (Å²) < 4.78 is 1.87. The van der Waals surface area contributed by atoms with Gasteiger partial charge >= 0.3 is 0 Å². The average Bonchev–Trinajstić information content (AvgIpc) is 3.05. The Kier molecular flexibility index (Phi) is 4.39. The molecule has 0 bridgehead atoms. The molecule has 1 N–H and O–H groups in total. The van der Waals surface area contributed by atoms with E-state index in [9.17, 15) is 5.11 Å². The molecule has 24 heavy (non-hydrogen) atoms. The van der Waals surface area contributed by atoms with E-state index in [1.807, 2.05) is 24.0 Å². The molecule has 128 valence electrons. The van der Waals surface area contributed by atoms with Gasteiger partial charge in [-0.15, -0.1) is 0 Å². The first-order valence-corrected chi connectivity index (χ1v) is 8.90. The maximum absolute atomic E-state index is 10.7. The van der Waals surface area contributed by atoms with Crippen LogP contribution in [0.25, 0.3) is 0 Å². The molecule has 1 aliphatic carbocycles. The van der Waals surface area contributed by atoms with Gasteiger partial charge < -0.3 is 5.11 Å². The van der Waals surface area contributed by atoms with Crippen molar-refractivity contribution in [3.63, 3.8) is 0 Å². The predicted molar refractivity (Wildman–Crippen MR) is 93.6 cm³/mol. The van der Waals surface area contributed by atoms with E-state index in [4.69, 9.17) is 0 Å². The minimum atomic E-state index is -0.342. The van der Waals surface area contributed by atoms with Crippen LogP contribution in [-0.4, -0.2) is 56.9 Å². The average molecular weight is 326 g/mol. The molecule has 1 fully saturated rings. The number of benzene rings is 1. The minimum absolute atomic E-state index is 0.237. The van der Waals surface area contributed by atoms with Gasteiger partial charge in [-0.1, -0.05) is 24.3 Å². The van der Waals surface area contributed by atoms with Gasteiger partial charge in [0, 0.05) is 44.5 Å². The van der Waals surface area contributed by atoms with Crippen LogP contribution in [0.4, 0.5) is 0 Å². The number of aryl methyl sites for hydroxylation is 1. The van der Waals surface area contributed by atoms with Crippen molar-refractivity contribution < 1.29 is 5.11 Å². The van der Waals surface area contributed by atoms with Crippen molar-refractivity contribution in [2.45, 2.75) is 31.5 Å². The number of rotatable bonds is 3. The van der Waals surface area contributed by atoms with E-state index in [1.165, 1.54) is 11.1 Å². The number of hydrogen-bond acceptors (Lipinski definition) is 4. The summed E-state index contributed by atoms with van der Waals surface area (Å²) in [6, 6.07) is 8.58. The summed E-state index contributed by atoms with van der Waals surface area (Å²) in [6.45, 7) is 5.22. The zero-order valence-electron chi connectivity index (χ0n) is 14.3. The van der Waals surface area contributed by atoms with Crippen molar-refractivity contribution >= 4 is 0 Å². The Hall–Kier alpha value is -1.69. The lowest BCUT2D eigenvalue weighted by Crippen LogP contribution is -2.40. The zero-order valence-corrected chi connectivity index (χ0v) is 14.3. The normalized spacial score (nSPS) is 25.6. The van der Waals surface area contributed by atoms with Gasteiger partial charge in [0.2, 0.25) is 0 Å². The molecule has 0 spiro atoms. The van der Waals surface area contributed by atoms with Crippen LogP contribution >= 0.6 is 0 Å². The van der Waals surface area contributed by atoms with Crippen LogP contribution in [-0.2, 0) is 20.0 Å². The highest BCUT2D eigenvalue weighted by molar-refractivity contribution is 5.35. The van der Waals surface area contributed by atoms with E-state index in [2.05, 4.69) is 39.3 Å². The molecular weight excluding hydrogens is 300 g/mol. The van der Waals surface area contributed by atoms with E-state index >= 15 is 0 Å². The predicted octanol–water partition coefficient (Wildman–Crippen LogP) is 1.59. The van der Waals surface area contributed by atoms with Crippen LogP contribution in [0, 0.1) is 0 Å². The second-order valence-corrected chi connectivity index (χ2v) is 7.10. The quantitative estimate of drug-likeness (QED) is 0.930. The molecule has 5 nitrogen and oxygen atoms in total. The first-order chi connectivity index (χ1) is 11.7. The second kappa shape index (κ2) is 6.67. The molecule has 2 aliphatic rings. The third-order valence-electron chi connectivity index (χ3n) is 5.42. The maximum atomic E-state index is 10.7. The van der Waals surface area contributed by atoms with Gasteiger partial charge in [0.05, 0.1) is 12.3 Å². The molecule has 2 heterocycles. The van der Waals surface area contributed by atoms with Crippen molar-refractivity contribution in [1.82, 2.24) is 19.6 Å². The van der Waals surface area contributed by atoms with Crippen molar-refractivity contribution in [3.8, 4) is 0 Å². The molecule has 1 aliphatic heterocycles. The fourth-order valence-electron chi connectivity index (χ4n) is 4.17. The maximum Gasteiger partial charge on any atom is 0.0951 e. The molecule has 5 heteroatoms. The Labute approximate surface area is 143 Å². The van der Waals surface area contributed by atoms with E-state index in [-0.39, 0.29) is 12.1 Å². The van der Waals surface area contributed by atoms with Crippen LogP contribution < -0.4 is 0 Å². The smallest absolute Gasteiger partial charge is 0.0951 e. The molecular formula is C19H26N4O. The number of nitrogens with zero attached hydrogens (tertiary/aromatic N) is 4. The SMILES string of the molecule is Cn1cc(CN2CCCN([C@@H]3Cc4ccccc4[C@@H]3O)CC2)cn1. The highest BCUT2D eigenvalue weighted by Crippen LogP contribution is 2.34. The second-order valence-electron chi connectivity index (χ2n) is 7.10. The Balaban J connectivity index is 1.39. The monoisotopic (exact) mass is 326 g/mol. The van der Waals surface area contributed by atoms with Gasteiger partial charge in [0.1, 0.15) is 0 Å². The fraction of sp³-hybridized carbons (Fsp3) is 0.526. The van der Waals surface area contributed by atoms with Crippen LogP contribution in [0.1, 0.15) is 29.2 Å². The first kappa shape index (κ1) is 15.8. The highest BCUT2D eigenvalue weighted by Gasteiger charge is 2.35. The summed E-state index contributed by atoms with van der Waals surface area (Å²) in [4.78, 5) is 5.00. The molecule has 0 saturated carbocycles. The van der Waals surface area contributed by atoms with Crippen LogP contribution in [0.2, 0.25) is 0 Å². The van der Waals surface area contributed by atoms with E-state index in [0.717, 1.165) is 51.1 Å². The fourth-order valence-corrected chi connectivity index (χ4v) is 4.17.